The van der Waals surface area contributed by atoms with Crippen molar-refractivity contribution in [2.45, 2.75) is 23.5 Å². The van der Waals surface area contributed by atoms with E-state index in [1.54, 1.807) is 18.2 Å². The Hall–Kier alpha value is -0.880. The summed E-state index contributed by atoms with van der Waals surface area (Å²) in [4.78, 5) is -0.237. The van der Waals surface area contributed by atoms with E-state index in [0.717, 1.165) is 0 Å². The van der Waals surface area contributed by atoms with Gasteiger partial charge in [-0.25, -0.2) is 8.42 Å². The first-order valence-electron chi connectivity index (χ1n) is 5.00. The topological polar surface area (TPSA) is 74.6 Å². The lowest BCUT2D eigenvalue weighted by molar-refractivity contribution is 0.148. The monoisotopic (exact) mass is 274 g/mol. The van der Waals surface area contributed by atoms with Gasteiger partial charge in [0.2, 0.25) is 9.84 Å². The van der Waals surface area contributed by atoms with Gasteiger partial charge in [-0.05, 0) is 12.1 Å². The van der Waals surface area contributed by atoms with E-state index in [1.807, 2.05) is 0 Å². The molecule has 0 saturated heterocycles. The lowest BCUT2D eigenvalue weighted by atomic mass is 10.3. The maximum atomic E-state index is 12.2. The van der Waals surface area contributed by atoms with Crippen LogP contribution in [0.4, 0.5) is 0 Å². The molecular weight excluding hydrogens is 264 g/mol. The Kier molecular flexibility index (Phi) is 3.27. The van der Waals surface area contributed by atoms with Gasteiger partial charge in [0.05, 0.1) is 27.0 Å². The predicted molar refractivity (Wildman–Crippen MR) is 63.1 cm³/mol. The van der Waals surface area contributed by atoms with E-state index in [4.69, 9.17) is 11.6 Å². The Morgan fingerprint density at radius 3 is 2.18 bits per heavy atom. The van der Waals surface area contributed by atoms with Gasteiger partial charge in [-0.1, -0.05) is 29.8 Å². The molecule has 2 atom stereocenters. The number of benzene rings is 1. The highest BCUT2D eigenvalue weighted by molar-refractivity contribution is 7.95. The second-order valence-electron chi connectivity index (χ2n) is 3.80. The quantitative estimate of drug-likeness (QED) is 0.845. The van der Waals surface area contributed by atoms with E-state index in [9.17, 15) is 18.6 Å². The maximum Gasteiger partial charge on any atom is 0.206 e. The molecule has 92 valence electrons. The summed E-state index contributed by atoms with van der Waals surface area (Å²) in [6, 6.07) is 7.70. The molecule has 6 heteroatoms. The zero-order valence-electron chi connectivity index (χ0n) is 8.75. The van der Waals surface area contributed by atoms with Crippen LogP contribution in [-0.4, -0.2) is 30.8 Å². The second kappa shape index (κ2) is 4.42. The summed E-state index contributed by atoms with van der Waals surface area (Å²) >= 11 is 5.75. The van der Waals surface area contributed by atoms with Crippen molar-refractivity contribution in [1.29, 1.82) is 0 Å². The fourth-order valence-electron chi connectivity index (χ4n) is 1.78. The molecule has 1 aromatic rings. The molecule has 4 nitrogen and oxygen atoms in total. The molecule has 17 heavy (non-hydrogen) atoms. The van der Waals surface area contributed by atoms with Gasteiger partial charge in [0, 0.05) is 6.42 Å². The lowest BCUT2D eigenvalue weighted by Gasteiger charge is -2.09. The highest BCUT2D eigenvalue weighted by Crippen LogP contribution is 2.36. The van der Waals surface area contributed by atoms with Crippen LogP contribution < -0.4 is 0 Å². The van der Waals surface area contributed by atoms with Crippen LogP contribution in [0.25, 0.3) is 0 Å². The normalized spacial score (nSPS) is 25.4. The van der Waals surface area contributed by atoms with E-state index in [-0.39, 0.29) is 21.3 Å². The maximum absolute atomic E-state index is 12.2. The summed E-state index contributed by atoms with van der Waals surface area (Å²) in [6.07, 6.45) is -2.44. The molecule has 1 aliphatic carbocycles. The van der Waals surface area contributed by atoms with Crippen molar-refractivity contribution in [3.63, 3.8) is 0 Å². The number of rotatable bonds is 2. The fraction of sp³-hybridized carbons (Fsp3) is 0.273. The van der Waals surface area contributed by atoms with Crippen molar-refractivity contribution in [3.05, 3.63) is 40.3 Å². The molecule has 0 heterocycles. The average Bonchev–Trinajstić information content (AvgIpc) is 2.54. The third kappa shape index (κ3) is 2.11. The highest BCUT2D eigenvalue weighted by atomic mass is 35.5. The smallest absolute Gasteiger partial charge is 0.206 e. The van der Waals surface area contributed by atoms with Crippen LogP contribution in [0.15, 0.2) is 45.2 Å². The number of aliphatic hydroxyl groups excluding tert-OH is 2. The lowest BCUT2D eigenvalue weighted by Crippen LogP contribution is -2.15. The van der Waals surface area contributed by atoms with Gasteiger partial charge in [0.15, 0.2) is 0 Å². The molecule has 0 spiro atoms. The zero-order valence-corrected chi connectivity index (χ0v) is 10.3. The summed E-state index contributed by atoms with van der Waals surface area (Å²) < 4.78 is 24.4. The van der Waals surface area contributed by atoms with E-state index in [1.165, 1.54) is 12.1 Å². The molecular formula is C11H11ClO4S. The van der Waals surface area contributed by atoms with E-state index in [2.05, 4.69) is 0 Å². The third-order valence-electron chi connectivity index (χ3n) is 2.62. The van der Waals surface area contributed by atoms with Gasteiger partial charge < -0.3 is 10.2 Å². The number of halogens is 1. The van der Waals surface area contributed by atoms with Crippen molar-refractivity contribution >= 4 is 21.4 Å². The van der Waals surface area contributed by atoms with Crippen molar-refractivity contribution in [2.24, 2.45) is 0 Å². The Balaban J connectivity index is 2.55. The van der Waals surface area contributed by atoms with E-state index < -0.39 is 22.0 Å². The van der Waals surface area contributed by atoms with Gasteiger partial charge in [0.25, 0.3) is 0 Å². The van der Waals surface area contributed by atoms with Crippen LogP contribution in [0.2, 0.25) is 0 Å². The molecule has 1 aromatic carbocycles. The highest BCUT2D eigenvalue weighted by Gasteiger charge is 2.38. The number of hydrogen-bond donors (Lipinski definition) is 2. The molecule has 0 fully saturated rings. The SMILES string of the molecule is O=S(=O)(C1=C(Cl)C(O)CC1O)c1ccccc1. The first-order valence-corrected chi connectivity index (χ1v) is 6.86. The van der Waals surface area contributed by atoms with Crippen LogP contribution in [0.5, 0.6) is 0 Å². The Labute approximate surface area is 104 Å². The van der Waals surface area contributed by atoms with Crippen LogP contribution in [0.1, 0.15) is 6.42 Å². The summed E-state index contributed by atoms with van der Waals surface area (Å²) in [5.74, 6) is 0. The summed E-state index contributed by atoms with van der Waals surface area (Å²) in [5, 5.41) is 18.9. The van der Waals surface area contributed by atoms with Crippen molar-refractivity contribution < 1.29 is 18.6 Å². The minimum atomic E-state index is -3.83. The van der Waals surface area contributed by atoms with E-state index >= 15 is 0 Å². The molecule has 1 aliphatic rings. The first-order chi connectivity index (χ1) is 7.94. The van der Waals surface area contributed by atoms with Crippen LogP contribution in [0.3, 0.4) is 0 Å². The summed E-state index contributed by atoms with van der Waals surface area (Å²) in [6.45, 7) is 0. The molecule has 0 bridgehead atoms. The van der Waals surface area contributed by atoms with Gasteiger partial charge >= 0.3 is 0 Å². The largest absolute Gasteiger partial charge is 0.388 e. The molecule has 0 aromatic heterocycles. The van der Waals surface area contributed by atoms with Crippen LogP contribution in [-0.2, 0) is 9.84 Å². The molecule has 2 unspecified atom stereocenters. The van der Waals surface area contributed by atoms with Gasteiger partial charge in [-0.3, -0.25) is 0 Å². The number of hydrogen-bond acceptors (Lipinski definition) is 4. The van der Waals surface area contributed by atoms with Crippen LogP contribution >= 0.6 is 11.6 Å². The van der Waals surface area contributed by atoms with E-state index in [0.29, 0.717) is 0 Å². The molecule has 0 radical (unpaired) electrons. The Morgan fingerprint density at radius 2 is 1.71 bits per heavy atom. The molecule has 2 N–H and O–H groups in total. The summed E-state index contributed by atoms with van der Waals surface area (Å²) in [5.41, 5.74) is 0. The molecule has 0 saturated carbocycles. The minimum Gasteiger partial charge on any atom is -0.388 e. The average molecular weight is 275 g/mol. The Morgan fingerprint density at radius 1 is 1.12 bits per heavy atom. The minimum absolute atomic E-state index is 0.0568. The van der Waals surface area contributed by atoms with Gasteiger partial charge in [-0.2, -0.15) is 0 Å². The zero-order chi connectivity index (χ0) is 12.6. The van der Waals surface area contributed by atoms with Gasteiger partial charge in [0.1, 0.15) is 0 Å². The van der Waals surface area contributed by atoms with Crippen molar-refractivity contribution in [2.75, 3.05) is 0 Å². The number of aliphatic hydroxyl groups is 2. The summed E-state index contributed by atoms with van der Waals surface area (Å²) in [7, 11) is -3.83. The molecule has 0 aliphatic heterocycles. The second-order valence-corrected chi connectivity index (χ2v) is 6.12. The third-order valence-corrected chi connectivity index (χ3v) is 5.15. The first kappa shape index (κ1) is 12.6. The molecule has 2 rings (SSSR count). The van der Waals surface area contributed by atoms with Gasteiger partial charge in [-0.15, -0.1) is 0 Å². The standard InChI is InChI=1S/C11H11ClO4S/c12-10-8(13)6-9(14)11(10)17(15,16)7-4-2-1-3-5-7/h1-5,8-9,13-14H,6H2. The van der Waals surface area contributed by atoms with Crippen molar-refractivity contribution in [1.82, 2.24) is 0 Å². The Bertz CT molecular complexity index is 550. The predicted octanol–water partition coefficient (Wildman–Crippen LogP) is 1.04. The van der Waals surface area contributed by atoms with Crippen LogP contribution in [0, 0.1) is 0 Å². The number of sulfone groups is 1. The van der Waals surface area contributed by atoms with Crippen molar-refractivity contribution in [3.8, 4) is 0 Å². The fourth-order valence-corrected chi connectivity index (χ4v) is 3.92. The molecule has 0 amide bonds.